The molecular formula is C19H21Cl3N2O4S. The van der Waals surface area contributed by atoms with Crippen LogP contribution in [0.1, 0.15) is 25.3 Å². The maximum absolute atomic E-state index is 12.2. The molecule has 0 aliphatic heterocycles. The van der Waals surface area contributed by atoms with E-state index in [-0.39, 0.29) is 34.7 Å². The second-order valence-corrected chi connectivity index (χ2v) is 9.16. The lowest BCUT2D eigenvalue weighted by atomic mass is 10.2. The second kappa shape index (κ2) is 11.0. The van der Waals surface area contributed by atoms with Gasteiger partial charge in [0.05, 0.1) is 9.92 Å². The topological polar surface area (TPSA) is 84.5 Å². The third kappa shape index (κ3) is 7.35. The van der Waals surface area contributed by atoms with Gasteiger partial charge >= 0.3 is 0 Å². The Bertz CT molecular complexity index is 968. The summed E-state index contributed by atoms with van der Waals surface area (Å²) in [5, 5.41) is 3.73. The molecule has 2 N–H and O–H groups in total. The van der Waals surface area contributed by atoms with Gasteiger partial charge in [0, 0.05) is 23.1 Å². The van der Waals surface area contributed by atoms with Crippen molar-refractivity contribution >= 4 is 50.7 Å². The van der Waals surface area contributed by atoms with Gasteiger partial charge in [-0.05, 0) is 42.3 Å². The van der Waals surface area contributed by atoms with Crippen molar-refractivity contribution in [3.05, 3.63) is 57.0 Å². The molecule has 158 valence electrons. The summed E-state index contributed by atoms with van der Waals surface area (Å²) in [5.41, 5.74) is 0.715. The molecule has 0 aliphatic rings. The number of ether oxygens (including phenoxy) is 1. The fourth-order valence-electron chi connectivity index (χ4n) is 2.29. The van der Waals surface area contributed by atoms with Gasteiger partial charge in [0.15, 0.2) is 6.61 Å². The third-order valence-corrected chi connectivity index (χ3v) is 6.23. The molecule has 0 spiro atoms. The third-order valence-electron chi connectivity index (χ3n) is 3.89. The highest BCUT2D eigenvalue weighted by molar-refractivity contribution is 7.89. The number of hydrogen-bond donors (Lipinski definition) is 2. The summed E-state index contributed by atoms with van der Waals surface area (Å²) in [6, 6.07) is 9.07. The maximum atomic E-state index is 12.2. The zero-order valence-electron chi connectivity index (χ0n) is 15.7. The number of amides is 1. The van der Waals surface area contributed by atoms with Gasteiger partial charge < -0.3 is 10.1 Å². The first-order chi connectivity index (χ1) is 13.7. The predicted molar refractivity (Wildman–Crippen MR) is 115 cm³/mol. The smallest absolute Gasteiger partial charge is 0.258 e. The molecule has 0 atom stereocenters. The highest BCUT2D eigenvalue weighted by Crippen LogP contribution is 2.27. The summed E-state index contributed by atoms with van der Waals surface area (Å²) in [6.07, 6.45) is 1.62. The van der Waals surface area contributed by atoms with Crippen LogP contribution < -0.4 is 14.8 Å². The van der Waals surface area contributed by atoms with E-state index in [0.717, 1.165) is 12.8 Å². The van der Waals surface area contributed by atoms with Gasteiger partial charge in [0.1, 0.15) is 5.75 Å². The Kier molecular flexibility index (Phi) is 9.04. The molecule has 29 heavy (non-hydrogen) atoms. The predicted octanol–water partition coefficient (Wildman–Crippen LogP) is 4.42. The van der Waals surface area contributed by atoms with Crippen molar-refractivity contribution in [2.24, 2.45) is 0 Å². The van der Waals surface area contributed by atoms with E-state index in [2.05, 4.69) is 10.0 Å². The van der Waals surface area contributed by atoms with Crippen LogP contribution in [0.4, 0.5) is 0 Å². The van der Waals surface area contributed by atoms with Gasteiger partial charge in [-0.15, -0.1) is 0 Å². The van der Waals surface area contributed by atoms with E-state index >= 15 is 0 Å². The van der Waals surface area contributed by atoms with Crippen LogP contribution in [0.3, 0.4) is 0 Å². The number of hydrogen-bond acceptors (Lipinski definition) is 4. The number of carbonyl (C=O) groups is 1. The Hall–Kier alpha value is -1.51. The van der Waals surface area contributed by atoms with Crippen molar-refractivity contribution in [2.45, 2.75) is 31.2 Å². The van der Waals surface area contributed by atoms with Gasteiger partial charge in [-0.1, -0.05) is 54.2 Å². The zero-order valence-corrected chi connectivity index (χ0v) is 18.8. The summed E-state index contributed by atoms with van der Waals surface area (Å²) in [4.78, 5) is 12.0. The van der Waals surface area contributed by atoms with Gasteiger partial charge in [0.2, 0.25) is 10.0 Å². The van der Waals surface area contributed by atoms with E-state index in [0.29, 0.717) is 22.2 Å². The Morgan fingerprint density at radius 1 is 1.07 bits per heavy atom. The largest absolute Gasteiger partial charge is 0.482 e. The first-order valence-corrected chi connectivity index (χ1v) is 11.5. The molecule has 0 radical (unpaired) electrons. The van der Waals surface area contributed by atoms with Crippen molar-refractivity contribution < 1.29 is 17.9 Å². The summed E-state index contributed by atoms with van der Waals surface area (Å²) in [7, 11) is -3.64. The number of nitrogens with one attached hydrogen (secondary N) is 2. The minimum Gasteiger partial charge on any atom is -0.482 e. The number of sulfonamides is 1. The van der Waals surface area contributed by atoms with Crippen LogP contribution in [0.5, 0.6) is 5.75 Å². The van der Waals surface area contributed by atoms with Gasteiger partial charge in [-0.3, -0.25) is 4.79 Å². The van der Waals surface area contributed by atoms with Crippen LogP contribution in [0.15, 0.2) is 41.3 Å². The SMILES string of the molecule is CCCCNS(=O)(=O)c1ccc(OCC(=O)NCc2ccc(Cl)cc2Cl)c(Cl)c1. The summed E-state index contributed by atoms with van der Waals surface area (Å²) < 4.78 is 32.3. The van der Waals surface area contributed by atoms with E-state index < -0.39 is 10.0 Å². The molecule has 2 aromatic carbocycles. The Morgan fingerprint density at radius 2 is 1.83 bits per heavy atom. The van der Waals surface area contributed by atoms with Crippen molar-refractivity contribution in [1.29, 1.82) is 0 Å². The van der Waals surface area contributed by atoms with Crippen molar-refractivity contribution in [2.75, 3.05) is 13.2 Å². The average molecular weight is 480 g/mol. The molecule has 2 aromatic rings. The van der Waals surface area contributed by atoms with Crippen LogP contribution >= 0.6 is 34.8 Å². The van der Waals surface area contributed by atoms with Crippen LogP contribution in [-0.4, -0.2) is 27.5 Å². The van der Waals surface area contributed by atoms with Crippen LogP contribution in [-0.2, 0) is 21.4 Å². The molecule has 2 rings (SSSR count). The monoisotopic (exact) mass is 478 g/mol. The minimum absolute atomic E-state index is 0.0350. The maximum Gasteiger partial charge on any atom is 0.258 e. The fraction of sp³-hybridized carbons (Fsp3) is 0.316. The molecule has 0 saturated carbocycles. The summed E-state index contributed by atoms with van der Waals surface area (Å²) in [6.45, 7) is 2.25. The molecular weight excluding hydrogens is 459 g/mol. The van der Waals surface area contributed by atoms with E-state index in [1.807, 2.05) is 6.92 Å². The van der Waals surface area contributed by atoms with Gasteiger partial charge in [0.25, 0.3) is 5.91 Å². The Morgan fingerprint density at radius 3 is 2.48 bits per heavy atom. The lowest BCUT2D eigenvalue weighted by Gasteiger charge is -2.11. The lowest BCUT2D eigenvalue weighted by Crippen LogP contribution is -2.28. The molecule has 0 fully saturated rings. The summed E-state index contributed by atoms with van der Waals surface area (Å²) in [5.74, 6) is -0.177. The van der Waals surface area contributed by atoms with Crippen LogP contribution in [0, 0.1) is 0 Å². The zero-order chi connectivity index (χ0) is 21.4. The molecule has 0 unspecified atom stereocenters. The van der Waals surface area contributed by atoms with E-state index in [4.69, 9.17) is 39.5 Å². The number of rotatable bonds is 10. The normalized spacial score (nSPS) is 11.3. The van der Waals surface area contributed by atoms with Gasteiger partial charge in [-0.25, -0.2) is 13.1 Å². The average Bonchev–Trinajstić information content (AvgIpc) is 2.66. The van der Waals surface area contributed by atoms with E-state index in [9.17, 15) is 13.2 Å². The number of carbonyl (C=O) groups excluding carboxylic acids is 1. The van der Waals surface area contributed by atoms with Crippen LogP contribution in [0.25, 0.3) is 0 Å². The highest BCUT2D eigenvalue weighted by Gasteiger charge is 2.16. The van der Waals surface area contributed by atoms with E-state index in [1.54, 1.807) is 18.2 Å². The molecule has 0 heterocycles. The molecule has 6 nitrogen and oxygen atoms in total. The van der Waals surface area contributed by atoms with E-state index in [1.165, 1.54) is 18.2 Å². The fourth-order valence-corrected chi connectivity index (χ4v) is 4.16. The van der Waals surface area contributed by atoms with Crippen molar-refractivity contribution in [1.82, 2.24) is 10.0 Å². The number of benzene rings is 2. The molecule has 0 saturated heterocycles. The van der Waals surface area contributed by atoms with Crippen molar-refractivity contribution in [3.63, 3.8) is 0 Å². The molecule has 1 amide bonds. The van der Waals surface area contributed by atoms with Crippen molar-refractivity contribution in [3.8, 4) is 5.75 Å². The molecule has 0 bridgehead atoms. The minimum atomic E-state index is -3.64. The highest BCUT2D eigenvalue weighted by atomic mass is 35.5. The van der Waals surface area contributed by atoms with Gasteiger partial charge in [-0.2, -0.15) is 0 Å². The number of halogens is 3. The first-order valence-electron chi connectivity index (χ1n) is 8.85. The number of unbranched alkanes of at least 4 members (excludes halogenated alkanes) is 1. The lowest BCUT2D eigenvalue weighted by molar-refractivity contribution is -0.123. The molecule has 0 aromatic heterocycles. The molecule has 10 heteroatoms. The second-order valence-electron chi connectivity index (χ2n) is 6.14. The molecule has 0 aliphatic carbocycles. The summed E-state index contributed by atoms with van der Waals surface area (Å²) >= 11 is 18.0. The Labute approximate surface area is 185 Å². The quantitative estimate of drug-likeness (QED) is 0.494. The van der Waals surface area contributed by atoms with Crippen LogP contribution in [0.2, 0.25) is 15.1 Å². The first kappa shape index (κ1) is 23.8. The Balaban J connectivity index is 1.90. The standard InChI is InChI=1S/C19H21Cl3N2O4S/c1-2-3-8-24-29(26,27)15-6-7-18(17(22)10-15)28-12-19(25)23-11-13-4-5-14(20)9-16(13)21/h4-7,9-10,24H,2-3,8,11-12H2,1H3,(H,23,25).